The maximum absolute atomic E-state index is 12.2. The van der Waals surface area contributed by atoms with Crippen LogP contribution >= 0.6 is 11.3 Å². The molecule has 6 nitrogen and oxygen atoms in total. The summed E-state index contributed by atoms with van der Waals surface area (Å²) in [7, 11) is 0. The Balaban J connectivity index is 1.62. The zero-order valence-electron chi connectivity index (χ0n) is 12.9. The lowest BCUT2D eigenvalue weighted by Crippen LogP contribution is -2.21. The molecule has 24 heavy (non-hydrogen) atoms. The van der Waals surface area contributed by atoms with Crippen molar-refractivity contribution in [3.8, 4) is 10.8 Å². The number of nitrogens with one attached hydrogen (secondary N) is 2. The van der Waals surface area contributed by atoms with Crippen molar-refractivity contribution in [2.45, 2.75) is 13.5 Å². The van der Waals surface area contributed by atoms with Gasteiger partial charge in [0.2, 0.25) is 5.91 Å². The molecule has 0 radical (unpaired) electrons. The summed E-state index contributed by atoms with van der Waals surface area (Å²) in [5.41, 5.74) is 1.59. The Morgan fingerprint density at radius 1 is 1.25 bits per heavy atom. The highest BCUT2D eigenvalue weighted by molar-refractivity contribution is 7.16. The Hall–Kier alpha value is -2.93. The first kappa shape index (κ1) is 15.9. The van der Waals surface area contributed by atoms with Crippen molar-refractivity contribution in [2.24, 2.45) is 0 Å². The third kappa shape index (κ3) is 3.88. The molecule has 2 aromatic heterocycles. The molecule has 0 saturated carbocycles. The number of nitrogens with zero attached hydrogens (tertiary/aromatic N) is 1. The van der Waals surface area contributed by atoms with Crippen molar-refractivity contribution in [3.05, 3.63) is 59.3 Å². The van der Waals surface area contributed by atoms with E-state index in [1.165, 1.54) is 24.5 Å². The minimum atomic E-state index is -0.199. The molecule has 2 heterocycles. The first-order valence-electron chi connectivity index (χ1n) is 7.26. The number of hydrogen-bond acceptors (Lipinski definition) is 5. The van der Waals surface area contributed by atoms with Crippen molar-refractivity contribution in [3.63, 3.8) is 0 Å². The van der Waals surface area contributed by atoms with Gasteiger partial charge in [-0.1, -0.05) is 12.1 Å². The molecule has 0 fully saturated rings. The molecule has 0 spiro atoms. The summed E-state index contributed by atoms with van der Waals surface area (Å²) < 4.78 is 5.27. The van der Waals surface area contributed by atoms with Crippen LogP contribution < -0.4 is 10.6 Å². The second kappa shape index (κ2) is 7.10. The van der Waals surface area contributed by atoms with E-state index < -0.39 is 0 Å². The molecular formula is C17H15N3O3S. The smallest absolute Gasteiger partial charge is 0.263 e. The lowest BCUT2D eigenvalue weighted by atomic mass is 10.2. The quantitative estimate of drug-likeness (QED) is 0.746. The van der Waals surface area contributed by atoms with E-state index in [1.54, 1.807) is 24.5 Å². The number of hydrogen-bond donors (Lipinski definition) is 2. The Labute approximate surface area is 142 Å². The highest BCUT2D eigenvalue weighted by Gasteiger charge is 2.13. The van der Waals surface area contributed by atoms with E-state index >= 15 is 0 Å². The number of carbonyl (C=O) groups excluding carboxylic acids is 2. The maximum Gasteiger partial charge on any atom is 0.263 e. The summed E-state index contributed by atoms with van der Waals surface area (Å²) in [4.78, 5) is 28.0. The van der Waals surface area contributed by atoms with Crippen molar-refractivity contribution in [1.29, 1.82) is 0 Å². The fourth-order valence-corrected chi connectivity index (χ4v) is 2.93. The van der Waals surface area contributed by atoms with E-state index in [1.807, 2.05) is 18.2 Å². The number of carbonyl (C=O) groups is 2. The van der Waals surface area contributed by atoms with Gasteiger partial charge in [-0.25, -0.2) is 4.98 Å². The summed E-state index contributed by atoms with van der Waals surface area (Å²) in [6, 6.07) is 10.9. The lowest BCUT2D eigenvalue weighted by Gasteiger charge is -2.06. The largest absolute Gasteiger partial charge is 0.462 e. The van der Waals surface area contributed by atoms with Gasteiger partial charge >= 0.3 is 0 Å². The van der Waals surface area contributed by atoms with Gasteiger partial charge in [0.1, 0.15) is 4.88 Å². The van der Waals surface area contributed by atoms with E-state index in [0.29, 0.717) is 27.9 Å². The third-order valence-electron chi connectivity index (χ3n) is 3.16. The standard InChI is InChI=1S/C17H15N3O3S/c1-11(21)20-13-5-2-4-12(8-13)9-18-16(22)15-10-19-17(24-15)14-6-3-7-23-14/h2-8,10H,9H2,1H3,(H,18,22)(H,20,21). The normalized spacial score (nSPS) is 10.4. The Morgan fingerprint density at radius 3 is 2.88 bits per heavy atom. The number of amides is 2. The second-order valence-electron chi connectivity index (χ2n) is 5.07. The molecular weight excluding hydrogens is 326 g/mol. The van der Waals surface area contributed by atoms with Crippen molar-refractivity contribution < 1.29 is 14.0 Å². The highest BCUT2D eigenvalue weighted by atomic mass is 32.1. The molecule has 0 atom stereocenters. The molecule has 2 N–H and O–H groups in total. The summed E-state index contributed by atoms with van der Waals surface area (Å²) >= 11 is 1.27. The predicted octanol–water partition coefficient (Wildman–Crippen LogP) is 3.29. The van der Waals surface area contributed by atoms with Gasteiger partial charge in [-0.3, -0.25) is 9.59 Å². The first-order valence-corrected chi connectivity index (χ1v) is 8.08. The summed E-state index contributed by atoms with van der Waals surface area (Å²) in [5.74, 6) is 0.309. The van der Waals surface area contributed by atoms with Crippen LogP contribution in [0.25, 0.3) is 10.8 Å². The summed E-state index contributed by atoms with van der Waals surface area (Å²) in [6.07, 6.45) is 3.10. The highest BCUT2D eigenvalue weighted by Crippen LogP contribution is 2.25. The molecule has 3 rings (SSSR count). The topological polar surface area (TPSA) is 84.2 Å². The van der Waals surface area contributed by atoms with Gasteiger partial charge in [-0.2, -0.15) is 0 Å². The van der Waals surface area contributed by atoms with Gasteiger partial charge in [0, 0.05) is 19.2 Å². The molecule has 0 aliphatic heterocycles. The maximum atomic E-state index is 12.2. The molecule has 0 saturated heterocycles. The fraction of sp³-hybridized carbons (Fsp3) is 0.118. The van der Waals surface area contributed by atoms with E-state index in [9.17, 15) is 9.59 Å². The SMILES string of the molecule is CC(=O)Nc1cccc(CNC(=O)c2cnc(-c3ccco3)s2)c1. The van der Waals surface area contributed by atoms with Crippen molar-refractivity contribution >= 4 is 28.8 Å². The number of anilines is 1. The van der Waals surface area contributed by atoms with E-state index in [0.717, 1.165) is 5.56 Å². The molecule has 122 valence electrons. The monoisotopic (exact) mass is 341 g/mol. The molecule has 3 aromatic rings. The molecule has 0 unspecified atom stereocenters. The number of thiazole rings is 1. The minimum Gasteiger partial charge on any atom is -0.462 e. The second-order valence-corrected chi connectivity index (χ2v) is 6.10. The van der Waals surface area contributed by atoms with E-state index in [-0.39, 0.29) is 11.8 Å². The number of aromatic nitrogens is 1. The molecule has 2 amide bonds. The van der Waals surface area contributed by atoms with Crippen LogP contribution in [-0.2, 0) is 11.3 Å². The van der Waals surface area contributed by atoms with Gasteiger partial charge in [-0.15, -0.1) is 11.3 Å². The third-order valence-corrected chi connectivity index (χ3v) is 4.17. The van der Waals surface area contributed by atoms with Crippen LogP contribution in [0.1, 0.15) is 22.2 Å². The zero-order valence-corrected chi connectivity index (χ0v) is 13.7. The van der Waals surface area contributed by atoms with Crippen LogP contribution in [0.5, 0.6) is 0 Å². The van der Waals surface area contributed by atoms with Crippen molar-refractivity contribution in [1.82, 2.24) is 10.3 Å². The molecule has 0 bridgehead atoms. The van der Waals surface area contributed by atoms with Crippen LogP contribution in [0.15, 0.2) is 53.3 Å². The Kier molecular flexibility index (Phi) is 4.72. The van der Waals surface area contributed by atoms with Crippen LogP contribution in [0, 0.1) is 0 Å². The van der Waals surface area contributed by atoms with Gasteiger partial charge in [0.25, 0.3) is 5.91 Å². The average molecular weight is 341 g/mol. The van der Waals surface area contributed by atoms with Gasteiger partial charge in [0.15, 0.2) is 10.8 Å². The Morgan fingerprint density at radius 2 is 2.12 bits per heavy atom. The van der Waals surface area contributed by atoms with Crippen molar-refractivity contribution in [2.75, 3.05) is 5.32 Å². The van der Waals surface area contributed by atoms with Gasteiger partial charge < -0.3 is 15.1 Å². The molecule has 7 heteroatoms. The number of rotatable bonds is 5. The number of benzene rings is 1. The molecule has 0 aliphatic rings. The lowest BCUT2D eigenvalue weighted by molar-refractivity contribution is -0.114. The number of furan rings is 1. The van der Waals surface area contributed by atoms with Gasteiger partial charge in [-0.05, 0) is 29.8 Å². The van der Waals surface area contributed by atoms with Crippen LogP contribution in [0.4, 0.5) is 5.69 Å². The summed E-state index contributed by atoms with van der Waals surface area (Å²) in [5, 5.41) is 6.22. The summed E-state index contributed by atoms with van der Waals surface area (Å²) in [6.45, 7) is 1.81. The van der Waals surface area contributed by atoms with E-state index in [4.69, 9.17) is 4.42 Å². The zero-order chi connectivity index (χ0) is 16.9. The first-order chi connectivity index (χ1) is 11.6. The average Bonchev–Trinajstić information content (AvgIpc) is 3.23. The molecule has 1 aromatic carbocycles. The van der Waals surface area contributed by atoms with Crippen LogP contribution in [-0.4, -0.2) is 16.8 Å². The van der Waals surface area contributed by atoms with E-state index in [2.05, 4.69) is 15.6 Å². The minimum absolute atomic E-state index is 0.133. The Bertz CT molecular complexity index is 856. The van der Waals surface area contributed by atoms with Gasteiger partial charge in [0.05, 0.1) is 12.5 Å². The fourth-order valence-electron chi connectivity index (χ4n) is 2.13. The predicted molar refractivity (Wildman–Crippen MR) is 91.7 cm³/mol. The molecule has 0 aliphatic carbocycles. The van der Waals surface area contributed by atoms with Crippen LogP contribution in [0.2, 0.25) is 0 Å². The van der Waals surface area contributed by atoms with Crippen LogP contribution in [0.3, 0.4) is 0 Å².